The van der Waals surface area contributed by atoms with Crippen LogP contribution in [0, 0.1) is 5.92 Å². The molecule has 0 N–H and O–H groups in total. The van der Waals surface area contributed by atoms with Gasteiger partial charge < -0.3 is 0 Å². The first-order valence-electron chi connectivity index (χ1n) is 4.42. The summed E-state index contributed by atoms with van der Waals surface area (Å²) in [6.07, 6.45) is 2.07. The van der Waals surface area contributed by atoms with Crippen molar-refractivity contribution in [1.82, 2.24) is 0 Å². The quantitative estimate of drug-likeness (QED) is 0.510. The Morgan fingerprint density at radius 1 is 1.23 bits per heavy atom. The van der Waals surface area contributed by atoms with Crippen LogP contribution in [0.1, 0.15) is 13.8 Å². The van der Waals surface area contributed by atoms with Crippen molar-refractivity contribution in [2.45, 2.75) is 18.7 Å². The van der Waals surface area contributed by atoms with Gasteiger partial charge in [-0.3, -0.25) is 0 Å². The van der Waals surface area contributed by atoms with E-state index in [2.05, 4.69) is 37.8 Å². The van der Waals surface area contributed by atoms with Gasteiger partial charge in [-0.1, -0.05) is 43.8 Å². The maximum Gasteiger partial charge on any atom is 0.0175 e. The predicted molar refractivity (Wildman–Crippen MR) is 59.8 cm³/mol. The SMILES string of the molecule is CC(C)C=C=CSc1ccccc1. The van der Waals surface area contributed by atoms with Gasteiger partial charge in [0.25, 0.3) is 0 Å². The number of hydrogen-bond acceptors (Lipinski definition) is 1. The van der Waals surface area contributed by atoms with Crippen molar-refractivity contribution in [3.63, 3.8) is 0 Å². The van der Waals surface area contributed by atoms with Crippen molar-refractivity contribution in [3.8, 4) is 0 Å². The Hall–Kier alpha value is -0.910. The van der Waals surface area contributed by atoms with Gasteiger partial charge in [0.05, 0.1) is 0 Å². The summed E-state index contributed by atoms with van der Waals surface area (Å²) in [7, 11) is 0. The minimum Gasteiger partial charge on any atom is -0.118 e. The van der Waals surface area contributed by atoms with E-state index in [4.69, 9.17) is 0 Å². The van der Waals surface area contributed by atoms with E-state index in [9.17, 15) is 0 Å². The first-order chi connectivity index (χ1) is 6.29. The lowest BCUT2D eigenvalue weighted by atomic mass is 10.2. The molecule has 0 aliphatic heterocycles. The van der Waals surface area contributed by atoms with Crippen LogP contribution in [-0.2, 0) is 0 Å². The van der Waals surface area contributed by atoms with Crippen molar-refractivity contribution < 1.29 is 0 Å². The number of benzene rings is 1. The molecule has 0 atom stereocenters. The Bertz CT molecular complexity index is 292. The Morgan fingerprint density at radius 2 is 1.92 bits per heavy atom. The summed E-state index contributed by atoms with van der Waals surface area (Å²) >= 11 is 1.70. The van der Waals surface area contributed by atoms with Crippen LogP contribution in [0.2, 0.25) is 0 Å². The van der Waals surface area contributed by atoms with E-state index in [0.717, 1.165) is 0 Å². The Kier molecular flexibility index (Phi) is 4.45. The zero-order valence-corrected chi connectivity index (χ0v) is 8.84. The minimum absolute atomic E-state index is 0.577. The molecule has 13 heavy (non-hydrogen) atoms. The average molecular weight is 190 g/mol. The Morgan fingerprint density at radius 3 is 2.54 bits per heavy atom. The fourth-order valence-corrected chi connectivity index (χ4v) is 1.43. The molecular formula is C12H14S. The molecule has 0 aliphatic rings. The number of hydrogen-bond donors (Lipinski definition) is 0. The first kappa shape index (κ1) is 10.2. The van der Waals surface area contributed by atoms with E-state index in [-0.39, 0.29) is 0 Å². The number of thioether (sulfide) groups is 1. The molecule has 68 valence electrons. The lowest BCUT2D eigenvalue weighted by molar-refractivity contribution is 0.833. The molecule has 0 heterocycles. The van der Waals surface area contributed by atoms with Crippen molar-refractivity contribution in [2.75, 3.05) is 0 Å². The van der Waals surface area contributed by atoms with Crippen LogP contribution in [0.4, 0.5) is 0 Å². The molecule has 0 aromatic heterocycles. The molecule has 1 aromatic carbocycles. The van der Waals surface area contributed by atoms with Gasteiger partial charge in [-0.25, -0.2) is 0 Å². The van der Waals surface area contributed by atoms with E-state index >= 15 is 0 Å². The largest absolute Gasteiger partial charge is 0.118 e. The highest BCUT2D eigenvalue weighted by molar-refractivity contribution is 8.02. The summed E-state index contributed by atoms with van der Waals surface area (Å²) in [6, 6.07) is 10.3. The molecule has 0 radical (unpaired) electrons. The van der Waals surface area contributed by atoms with Gasteiger partial charge in [-0.05, 0) is 24.1 Å². The molecule has 0 saturated carbocycles. The predicted octanol–water partition coefficient (Wildman–Crippen LogP) is 4.10. The van der Waals surface area contributed by atoms with Crippen LogP contribution in [-0.4, -0.2) is 0 Å². The third-order valence-electron chi connectivity index (χ3n) is 1.44. The monoisotopic (exact) mass is 190 g/mol. The number of rotatable bonds is 3. The highest BCUT2D eigenvalue weighted by atomic mass is 32.2. The highest BCUT2D eigenvalue weighted by Gasteiger charge is 1.85. The summed E-state index contributed by atoms with van der Waals surface area (Å²) in [4.78, 5) is 1.26. The minimum atomic E-state index is 0.577. The van der Waals surface area contributed by atoms with Crippen molar-refractivity contribution >= 4 is 11.8 Å². The van der Waals surface area contributed by atoms with Crippen molar-refractivity contribution in [1.29, 1.82) is 0 Å². The van der Waals surface area contributed by atoms with E-state index in [1.54, 1.807) is 11.8 Å². The van der Waals surface area contributed by atoms with Crippen molar-refractivity contribution in [3.05, 3.63) is 47.5 Å². The van der Waals surface area contributed by atoms with Gasteiger partial charge in [0, 0.05) is 10.3 Å². The van der Waals surface area contributed by atoms with Crippen LogP contribution >= 0.6 is 11.8 Å². The second kappa shape index (κ2) is 5.69. The van der Waals surface area contributed by atoms with E-state index < -0.39 is 0 Å². The van der Waals surface area contributed by atoms with Gasteiger partial charge in [-0.2, -0.15) is 0 Å². The normalized spacial score (nSPS) is 9.46. The van der Waals surface area contributed by atoms with Gasteiger partial charge in [-0.15, -0.1) is 5.73 Å². The second-order valence-electron chi connectivity index (χ2n) is 3.13. The van der Waals surface area contributed by atoms with E-state index in [1.165, 1.54) is 4.90 Å². The maximum atomic E-state index is 3.15. The van der Waals surface area contributed by atoms with E-state index in [1.807, 2.05) is 23.6 Å². The summed E-state index contributed by atoms with van der Waals surface area (Å²) in [6.45, 7) is 4.29. The summed E-state index contributed by atoms with van der Waals surface area (Å²) < 4.78 is 0. The molecule has 0 amide bonds. The molecule has 1 heteroatoms. The molecule has 1 rings (SSSR count). The smallest absolute Gasteiger partial charge is 0.0175 e. The third-order valence-corrected chi connectivity index (χ3v) is 2.23. The van der Waals surface area contributed by atoms with Crippen LogP contribution in [0.5, 0.6) is 0 Å². The first-order valence-corrected chi connectivity index (χ1v) is 5.30. The lowest BCUT2D eigenvalue weighted by Gasteiger charge is -1.91. The number of allylic oxidation sites excluding steroid dienone is 1. The summed E-state index contributed by atoms with van der Waals surface area (Å²) in [5, 5.41) is 2.00. The second-order valence-corrected chi connectivity index (χ2v) is 4.07. The molecule has 1 aromatic rings. The fourth-order valence-electron chi connectivity index (χ4n) is 0.833. The van der Waals surface area contributed by atoms with E-state index in [0.29, 0.717) is 5.92 Å². The molecule has 0 fully saturated rings. The molecule has 0 aliphatic carbocycles. The van der Waals surface area contributed by atoms with Crippen LogP contribution in [0.15, 0.2) is 52.4 Å². The fraction of sp³-hybridized carbons (Fsp3) is 0.250. The average Bonchev–Trinajstić information content (AvgIpc) is 2.14. The molecule has 0 unspecified atom stereocenters. The van der Waals surface area contributed by atoms with Crippen LogP contribution < -0.4 is 0 Å². The third kappa shape index (κ3) is 4.62. The molecule has 0 bridgehead atoms. The molecular weight excluding hydrogens is 176 g/mol. The van der Waals surface area contributed by atoms with Gasteiger partial charge in [0.1, 0.15) is 0 Å². The zero-order valence-electron chi connectivity index (χ0n) is 8.03. The topological polar surface area (TPSA) is 0 Å². The van der Waals surface area contributed by atoms with Crippen molar-refractivity contribution in [2.24, 2.45) is 5.92 Å². The van der Waals surface area contributed by atoms with Crippen LogP contribution in [0.25, 0.3) is 0 Å². The highest BCUT2D eigenvalue weighted by Crippen LogP contribution is 2.17. The zero-order chi connectivity index (χ0) is 9.52. The lowest BCUT2D eigenvalue weighted by Crippen LogP contribution is -1.72. The Labute approximate surface area is 84.4 Å². The summed E-state index contributed by atoms with van der Waals surface area (Å²) in [5.74, 6) is 0.577. The van der Waals surface area contributed by atoms with Gasteiger partial charge in [0.15, 0.2) is 0 Å². The Balaban J connectivity index is 2.48. The maximum absolute atomic E-state index is 3.15. The standard InChI is InChI=1S/C12H14S/c1-11(2)7-6-10-13-12-8-4-3-5-9-12/h3-5,7-11H,1-2H3. The van der Waals surface area contributed by atoms with Crippen LogP contribution in [0.3, 0.4) is 0 Å². The molecule has 0 saturated heterocycles. The summed E-state index contributed by atoms with van der Waals surface area (Å²) in [5.41, 5.74) is 3.15. The molecule has 0 nitrogen and oxygen atoms in total. The van der Waals surface area contributed by atoms with Gasteiger partial charge >= 0.3 is 0 Å². The van der Waals surface area contributed by atoms with Gasteiger partial charge in [0.2, 0.25) is 0 Å². The molecule has 0 spiro atoms.